The van der Waals surface area contributed by atoms with E-state index >= 15 is 4.39 Å². The molecule has 0 saturated heterocycles. The summed E-state index contributed by atoms with van der Waals surface area (Å²) in [4.78, 5) is 12.9. The molecular weight excluding hydrogens is 613 g/mol. The first kappa shape index (κ1) is 32.9. The highest BCUT2D eigenvalue weighted by atomic mass is 35.5. The van der Waals surface area contributed by atoms with E-state index in [2.05, 4.69) is 31.1 Å². The maximum Gasteiger partial charge on any atom is 0.401 e. The Morgan fingerprint density at radius 3 is 2.48 bits per heavy atom. The van der Waals surface area contributed by atoms with Crippen LogP contribution in [0.2, 0.25) is 5.02 Å². The third-order valence-corrected chi connectivity index (χ3v) is 8.56. The van der Waals surface area contributed by atoms with E-state index in [1.165, 1.54) is 30.3 Å². The highest BCUT2D eigenvalue weighted by molar-refractivity contribution is 6.30. The van der Waals surface area contributed by atoms with E-state index in [1.54, 1.807) is 24.3 Å². The average Bonchev–Trinajstić information content (AvgIpc) is 3.11. The lowest BCUT2D eigenvalue weighted by Crippen LogP contribution is -2.24. The Hall–Kier alpha value is -4.43. The normalized spacial score (nSPS) is 15.7. The minimum absolute atomic E-state index is 0.0343. The molecule has 1 unspecified atom stereocenters. The second-order valence-corrected chi connectivity index (χ2v) is 12.7. The van der Waals surface area contributed by atoms with Crippen LogP contribution in [0.3, 0.4) is 0 Å². The maximum atomic E-state index is 15.5. The number of anilines is 2. The maximum absolute atomic E-state index is 15.5. The topological polar surface area (TPSA) is 70.6 Å². The quantitative estimate of drug-likeness (QED) is 0.125. The lowest BCUT2D eigenvalue weighted by Gasteiger charge is -2.31. The number of phenols is 1. The van der Waals surface area contributed by atoms with Gasteiger partial charge in [-0.1, -0.05) is 61.9 Å². The first-order chi connectivity index (χ1) is 21.8. The summed E-state index contributed by atoms with van der Waals surface area (Å²) in [5.41, 5.74) is 4.26. The van der Waals surface area contributed by atoms with Crippen LogP contribution in [-0.4, -0.2) is 17.2 Å². The van der Waals surface area contributed by atoms with Gasteiger partial charge in [0.15, 0.2) is 0 Å². The molecule has 5 nitrogen and oxygen atoms in total. The number of amides is 2. The van der Waals surface area contributed by atoms with E-state index in [0.717, 1.165) is 35.6 Å². The van der Waals surface area contributed by atoms with Crippen LogP contribution in [0.4, 0.5) is 29.3 Å². The van der Waals surface area contributed by atoms with Crippen LogP contribution >= 0.6 is 11.6 Å². The van der Waals surface area contributed by atoms with E-state index in [4.69, 9.17) is 16.3 Å². The lowest BCUT2D eigenvalue weighted by atomic mass is 9.73. The number of phenolic OH excluding ortho intramolecular Hbond substituents is 1. The van der Waals surface area contributed by atoms with E-state index in [0.29, 0.717) is 40.4 Å². The Kier molecular flexibility index (Phi) is 9.68. The summed E-state index contributed by atoms with van der Waals surface area (Å²) in [6.07, 6.45) is -0.197. The molecule has 1 atom stereocenters. The van der Waals surface area contributed by atoms with Gasteiger partial charge < -0.3 is 20.5 Å². The zero-order valence-corrected chi connectivity index (χ0v) is 26.4. The van der Waals surface area contributed by atoms with Crippen molar-refractivity contribution < 1.29 is 27.8 Å². The van der Waals surface area contributed by atoms with Gasteiger partial charge in [-0.25, -0.2) is 9.18 Å². The SMILES string of the molecule is C=CCC(F)(F)Oc1ccc(NC(=O)Nc2ccccc2CC2CCc3c(O)cc(F)c(-c4ccc(Cl)cc4)c3C(C)(C)C2)cc1. The molecule has 3 N–H and O–H groups in total. The largest absolute Gasteiger partial charge is 0.508 e. The zero-order valence-electron chi connectivity index (χ0n) is 25.7. The van der Waals surface area contributed by atoms with E-state index in [9.17, 15) is 18.7 Å². The van der Waals surface area contributed by atoms with Gasteiger partial charge in [-0.15, -0.1) is 6.58 Å². The number of hydrogen-bond acceptors (Lipinski definition) is 3. The Labute approximate surface area is 272 Å². The van der Waals surface area contributed by atoms with Gasteiger partial charge in [0.05, 0.1) is 6.42 Å². The van der Waals surface area contributed by atoms with E-state index in [1.807, 2.05) is 24.3 Å². The molecule has 0 heterocycles. The van der Waals surface area contributed by atoms with Crippen molar-refractivity contribution in [3.8, 4) is 22.6 Å². The molecule has 4 aromatic rings. The molecule has 5 rings (SSSR count). The fourth-order valence-corrected chi connectivity index (χ4v) is 6.56. The molecule has 0 bridgehead atoms. The Morgan fingerprint density at radius 2 is 1.78 bits per heavy atom. The summed E-state index contributed by atoms with van der Waals surface area (Å²) < 4.78 is 47.7. The van der Waals surface area contributed by atoms with Crippen LogP contribution in [0, 0.1) is 11.7 Å². The standard InChI is InChI=1S/C37H36ClF3N2O3/c1-4-19-37(40,41)46-28-16-14-27(15-17-28)42-35(45)43-31-8-6-5-7-25(31)20-23-9-18-29-32(44)21-30(39)33(34(29)36(2,3)22-23)24-10-12-26(38)13-11-24/h4-8,10-17,21,23,44H,1,9,18-20,22H2,2-3H3,(H2,42,43,45). The van der Waals surface area contributed by atoms with Crippen LogP contribution < -0.4 is 15.4 Å². The number of para-hydroxylation sites is 1. The first-order valence-electron chi connectivity index (χ1n) is 15.1. The highest BCUT2D eigenvalue weighted by Gasteiger charge is 2.36. The molecule has 0 spiro atoms. The molecule has 0 fully saturated rings. The molecule has 1 aliphatic rings. The number of rotatable bonds is 9. The van der Waals surface area contributed by atoms with Crippen molar-refractivity contribution in [3.05, 3.63) is 119 Å². The third kappa shape index (κ3) is 7.68. The van der Waals surface area contributed by atoms with Gasteiger partial charge in [-0.2, -0.15) is 8.78 Å². The Balaban J connectivity index is 1.31. The summed E-state index contributed by atoms with van der Waals surface area (Å²) in [7, 11) is 0. The smallest absolute Gasteiger partial charge is 0.401 e. The number of halogens is 4. The van der Waals surface area contributed by atoms with Crippen LogP contribution in [0.1, 0.15) is 49.8 Å². The summed E-state index contributed by atoms with van der Waals surface area (Å²) in [5, 5.41) is 17.1. The van der Waals surface area contributed by atoms with Crippen LogP contribution in [-0.2, 0) is 18.3 Å². The Bertz CT molecular complexity index is 1720. The third-order valence-electron chi connectivity index (χ3n) is 8.31. The number of urea groups is 1. The fourth-order valence-electron chi connectivity index (χ4n) is 6.43. The van der Waals surface area contributed by atoms with Crippen LogP contribution in [0.25, 0.3) is 11.1 Å². The summed E-state index contributed by atoms with van der Waals surface area (Å²) >= 11 is 6.11. The monoisotopic (exact) mass is 648 g/mol. The molecule has 0 aromatic heterocycles. The fraction of sp³-hybridized carbons (Fsp3) is 0.270. The number of ether oxygens (including phenoxy) is 1. The van der Waals surface area contributed by atoms with Gasteiger partial charge >= 0.3 is 12.1 Å². The predicted octanol–water partition coefficient (Wildman–Crippen LogP) is 10.5. The van der Waals surface area contributed by atoms with Crippen molar-refractivity contribution in [2.45, 2.75) is 57.5 Å². The minimum Gasteiger partial charge on any atom is -0.508 e. The minimum atomic E-state index is -3.37. The molecule has 9 heteroatoms. The second-order valence-electron chi connectivity index (χ2n) is 12.3. The molecule has 240 valence electrons. The lowest BCUT2D eigenvalue weighted by molar-refractivity contribution is -0.172. The number of carbonyl (C=O) groups excluding carboxylic acids is 1. The number of hydrogen-bond donors (Lipinski definition) is 3. The number of nitrogens with one attached hydrogen (secondary N) is 2. The Morgan fingerprint density at radius 1 is 1.09 bits per heavy atom. The molecule has 0 saturated carbocycles. The number of carbonyl (C=O) groups is 1. The highest BCUT2D eigenvalue weighted by Crippen LogP contribution is 2.48. The van der Waals surface area contributed by atoms with Gasteiger partial charge in [-0.3, -0.25) is 0 Å². The molecule has 4 aromatic carbocycles. The van der Waals surface area contributed by atoms with Crippen molar-refractivity contribution in [2.75, 3.05) is 10.6 Å². The zero-order chi connectivity index (χ0) is 33.1. The van der Waals surface area contributed by atoms with Crippen molar-refractivity contribution in [1.82, 2.24) is 0 Å². The van der Waals surface area contributed by atoms with Gasteiger partial charge in [0.25, 0.3) is 0 Å². The van der Waals surface area contributed by atoms with Crippen LogP contribution in [0.15, 0.2) is 91.5 Å². The number of fused-ring (bicyclic) bond motifs is 1. The van der Waals surface area contributed by atoms with E-state index < -0.39 is 29.8 Å². The molecule has 0 aliphatic heterocycles. The van der Waals surface area contributed by atoms with E-state index in [-0.39, 0.29) is 17.4 Å². The first-order valence-corrected chi connectivity index (χ1v) is 15.5. The van der Waals surface area contributed by atoms with Crippen molar-refractivity contribution in [1.29, 1.82) is 0 Å². The molecule has 0 radical (unpaired) electrons. The summed E-state index contributed by atoms with van der Waals surface area (Å²) in [6, 6.07) is 21.0. The van der Waals surface area contributed by atoms with Crippen LogP contribution in [0.5, 0.6) is 11.5 Å². The van der Waals surface area contributed by atoms with Gasteiger partial charge in [0, 0.05) is 28.0 Å². The summed E-state index contributed by atoms with van der Waals surface area (Å²) in [6.45, 7) is 7.47. The van der Waals surface area contributed by atoms with Gasteiger partial charge in [0.2, 0.25) is 0 Å². The number of alkyl halides is 2. The molecule has 1 aliphatic carbocycles. The molecule has 46 heavy (non-hydrogen) atoms. The number of benzene rings is 4. The summed E-state index contributed by atoms with van der Waals surface area (Å²) in [5.74, 6) is -0.380. The molecule has 2 amide bonds. The second kappa shape index (κ2) is 13.5. The average molecular weight is 649 g/mol. The van der Waals surface area contributed by atoms with Crippen molar-refractivity contribution in [3.63, 3.8) is 0 Å². The predicted molar refractivity (Wildman–Crippen MR) is 178 cm³/mol. The van der Waals surface area contributed by atoms with Crippen molar-refractivity contribution >= 4 is 29.0 Å². The van der Waals surface area contributed by atoms with Gasteiger partial charge in [-0.05, 0) is 102 Å². The molecular formula is C37H36ClF3N2O3. The number of aromatic hydroxyl groups is 1. The van der Waals surface area contributed by atoms with Crippen molar-refractivity contribution in [2.24, 2.45) is 5.92 Å². The van der Waals surface area contributed by atoms with Gasteiger partial charge in [0.1, 0.15) is 17.3 Å².